The lowest BCUT2D eigenvalue weighted by atomic mass is 10.0. The average molecular weight is 294 g/mol. The third kappa shape index (κ3) is 4.55. The first-order chi connectivity index (χ1) is 9.72. The molecule has 0 radical (unpaired) electrons. The summed E-state index contributed by atoms with van der Waals surface area (Å²) < 4.78 is 5.18. The summed E-state index contributed by atoms with van der Waals surface area (Å²) in [5.41, 5.74) is 0.350. The number of benzene rings is 1. The normalized spacial score (nSPS) is 11.9. The van der Waals surface area contributed by atoms with Gasteiger partial charge in [0, 0.05) is 18.6 Å². The van der Waals surface area contributed by atoms with Crippen molar-refractivity contribution in [3.63, 3.8) is 0 Å². The van der Waals surface area contributed by atoms with E-state index < -0.39 is 16.9 Å². The summed E-state index contributed by atoms with van der Waals surface area (Å²) in [4.78, 5) is 33.4. The second kappa shape index (κ2) is 6.83. The van der Waals surface area contributed by atoms with Crippen molar-refractivity contribution in [1.29, 1.82) is 0 Å². The highest BCUT2D eigenvalue weighted by Crippen LogP contribution is 2.23. The molecule has 1 amide bonds. The standard InChI is InChI=1S/C14H18N2O5/c1-8(2)13(15-10(4)17)14(18)21-11-5-6-12(16(19)20)9(3)7-11/h5-8,13H,1-4H3,(H,15,17). The van der Waals surface area contributed by atoms with Crippen molar-refractivity contribution in [1.82, 2.24) is 5.32 Å². The zero-order chi connectivity index (χ0) is 16.2. The average Bonchev–Trinajstić information content (AvgIpc) is 2.34. The van der Waals surface area contributed by atoms with Gasteiger partial charge in [0.15, 0.2) is 0 Å². The smallest absolute Gasteiger partial charge is 0.334 e. The predicted molar refractivity (Wildman–Crippen MR) is 75.9 cm³/mol. The highest BCUT2D eigenvalue weighted by Gasteiger charge is 2.25. The third-order valence-electron chi connectivity index (χ3n) is 2.86. The minimum Gasteiger partial charge on any atom is -0.425 e. The maximum Gasteiger partial charge on any atom is 0.334 e. The number of nitro benzene ring substituents is 1. The van der Waals surface area contributed by atoms with Crippen LogP contribution in [0.15, 0.2) is 18.2 Å². The van der Waals surface area contributed by atoms with Gasteiger partial charge in [-0.1, -0.05) is 13.8 Å². The molecule has 0 spiro atoms. The molecule has 7 nitrogen and oxygen atoms in total. The SMILES string of the molecule is CC(=O)NC(C(=O)Oc1ccc([N+](=O)[O-])c(C)c1)C(C)C. The molecule has 1 atom stereocenters. The molecular formula is C14H18N2O5. The van der Waals surface area contributed by atoms with Crippen molar-refractivity contribution >= 4 is 17.6 Å². The Balaban J connectivity index is 2.89. The maximum atomic E-state index is 12.0. The van der Waals surface area contributed by atoms with Gasteiger partial charge >= 0.3 is 5.97 Å². The Bertz CT molecular complexity index is 568. The zero-order valence-corrected chi connectivity index (χ0v) is 12.4. The largest absolute Gasteiger partial charge is 0.425 e. The number of hydrogen-bond donors (Lipinski definition) is 1. The predicted octanol–water partition coefficient (Wildman–Crippen LogP) is 1.97. The summed E-state index contributed by atoms with van der Waals surface area (Å²) in [6.45, 7) is 6.44. The molecule has 0 saturated heterocycles. The fraction of sp³-hybridized carbons (Fsp3) is 0.429. The van der Waals surface area contributed by atoms with Gasteiger partial charge in [-0.25, -0.2) is 4.79 Å². The van der Waals surface area contributed by atoms with Gasteiger partial charge in [0.1, 0.15) is 11.8 Å². The van der Waals surface area contributed by atoms with Crippen molar-refractivity contribution < 1.29 is 19.2 Å². The summed E-state index contributed by atoms with van der Waals surface area (Å²) in [6.07, 6.45) is 0. The van der Waals surface area contributed by atoms with Crippen LogP contribution in [0.25, 0.3) is 0 Å². The molecule has 1 rings (SSSR count). The van der Waals surface area contributed by atoms with Crippen molar-refractivity contribution in [2.45, 2.75) is 33.7 Å². The van der Waals surface area contributed by atoms with Gasteiger partial charge in [-0.05, 0) is 25.0 Å². The Morgan fingerprint density at radius 1 is 1.33 bits per heavy atom. The van der Waals surface area contributed by atoms with E-state index in [9.17, 15) is 19.7 Å². The van der Waals surface area contributed by atoms with Gasteiger partial charge in [-0.15, -0.1) is 0 Å². The minimum atomic E-state index is -0.766. The molecule has 0 saturated carbocycles. The molecule has 1 unspecified atom stereocenters. The first-order valence-electron chi connectivity index (χ1n) is 6.46. The Kier molecular flexibility index (Phi) is 5.40. The van der Waals surface area contributed by atoms with E-state index in [1.165, 1.54) is 25.1 Å². The molecular weight excluding hydrogens is 276 g/mol. The number of rotatable bonds is 5. The topological polar surface area (TPSA) is 98.5 Å². The zero-order valence-electron chi connectivity index (χ0n) is 12.4. The van der Waals surface area contributed by atoms with E-state index in [1.807, 2.05) is 0 Å². The number of nitrogens with one attached hydrogen (secondary N) is 1. The highest BCUT2D eigenvalue weighted by molar-refractivity contribution is 5.84. The fourth-order valence-electron chi connectivity index (χ4n) is 1.79. The van der Waals surface area contributed by atoms with E-state index in [0.29, 0.717) is 5.56 Å². The van der Waals surface area contributed by atoms with Crippen LogP contribution in [0, 0.1) is 23.0 Å². The second-order valence-electron chi connectivity index (χ2n) is 5.05. The fourth-order valence-corrected chi connectivity index (χ4v) is 1.79. The molecule has 1 aromatic rings. The lowest BCUT2D eigenvalue weighted by molar-refractivity contribution is -0.385. The van der Waals surface area contributed by atoms with Gasteiger partial charge in [0.25, 0.3) is 5.69 Å². The van der Waals surface area contributed by atoms with Crippen LogP contribution in [0.1, 0.15) is 26.3 Å². The van der Waals surface area contributed by atoms with Crippen LogP contribution in [0.3, 0.4) is 0 Å². The number of carbonyl (C=O) groups is 2. The molecule has 0 heterocycles. The molecule has 0 aliphatic rings. The van der Waals surface area contributed by atoms with Gasteiger partial charge in [-0.2, -0.15) is 0 Å². The summed E-state index contributed by atoms with van der Waals surface area (Å²) in [5.74, 6) is -0.862. The monoisotopic (exact) mass is 294 g/mol. The number of amides is 1. The Labute approximate surface area is 122 Å². The number of hydrogen-bond acceptors (Lipinski definition) is 5. The molecule has 0 fully saturated rings. The lowest BCUT2D eigenvalue weighted by Gasteiger charge is -2.19. The van der Waals surface area contributed by atoms with Crippen molar-refractivity contribution in [3.8, 4) is 5.75 Å². The quantitative estimate of drug-likeness (QED) is 0.387. The van der Waals surface area contributed by atoms with Crippen LogP contribution in [0.4, 0.5) is 5.69 Å². The van der Waals surface area contributed by atoms with E-state index >= 15 is 0 Å². The minimum absolute atomic E-state index is 0.0444. The second-order valence-corrected chi connectivity index (χ2v) is 5.05. The van der Waals surface area contributed by atoms with E-state index in [0.717, 1.165) is 0 Å². The Hall–Kier alpha value is -2.44. The summed E-state index contributed by atoms with van der Waals surface area (Å²) >= 11 is 0. The molecule has 0 aliphatic carbocycles. The molecule has 1 aromatic carbocycles. The van der Waals surface area contributed by atoms with Crippen LogP contribution >= 0.6 is 0 Å². The molecule has 0 aromatic heterocycles. The van der Waals surface area contributed by atoms with E-state index in [-0.39, 0.29) is 23.3 Å². The van der Waals surface area contributed by atoms with Gasteiger partial charge in [0.05, 0.1) is 4.92 Å². The number of nitro groups is 1. The third-order valence-corrected chi connectivity index (χ3v) is 2.86. The number of ether oxygens (including phenoxy) is 1. The summed E-state index contributed by atoms with van der Waals surface area (Å²) in [5, 5.41) is 13.2. The van der Waals surface area contributed by atoms with Crippen molar-refractivity contribution in [2.24, 2.45) is 5.92 Å². The lowest BCUT2D eigenvalue weighted by Crippen LogP contribution is -2.45. The van der Waals surface area contributed by atoms with Crippen LogP contribution in [-0.2, 0) is 9.59 Å². The Morgan fingerprint density at radius 2 is 1.95 bits per heavy atom. The van der Waals surface area contributed by atoms with Gasteiger partial charge in [-0.3, -0.25) is 14.9 Å². The maximum absolute atomic E-state index is 12.0. The molecule has 21 heavy (non-hydrogen) atoms. The number of nitrogens with zero attached hydrogens (tertiary/aromatic N) is 1. The molecule has 114 valence electrons. The Morgan fingerprint density at radius 3 is 2.38 bits per heavy atom. The molecule has 1 N–H and O–H groups in total. The first-order valence-corrected chi connectivity index (χ1v) is 6.46. The highest BCUT2D eigenvalue weighted by atomic mass is 16.6. The summed E-state index contributed by atoms with van der Waals surface area (Å²) in [6, 6.07) is 3.29. The number of esters is 1. The van der Waals surface area contributed by atoms with Crippen LogP contribution < -0.4 is 10.1 Å². The molecule has 7 heteroatoms. The van der Waals surface area contributed by atoms with E-state index in [1.54, 1.807) is 20.8 Å². The van der Waals surface area contributed by atoms with E-state index in [4.69, 9.17) is 4.74 Å². The van der Waals surface area contributed by atoms with Crippen LogP contribution in [0.2, 0.25) is 0 Å². The van der Waals surface area contributed by atoms with Crippen molar-refractivity contribution in [3.05, 3.63) is 33.9 Å². The number of carbonyl (C=O) groups excluding carboxylic acids is 2. The first kappa shape index (κ1) is 16.6. The number of aryl methyl sites for hydroxylation is 1. The summed E-state index contributed by atoms with van der Waals surface area (Å²) in [7, 11) is 0. The van der Waals surface area contributed by atoms with E-state index in [2.05, 4.69) is 5.32 Å². The van der Waals surface area contributed by atoms with Gasteiger partial charge in [0.2, 0.25) is 5.91 Å². The molecule has 0 bridgehead atoms. The molecule has 0 aliphatic heterocycles. The van der Waals surface area contributed by atoms with Gasteiger partial charge < -0.3 is 10.1 Å². The van der Waals surface area contributed by atoms with Crippen LogP contribution in [0.5, 0.6) is 5.75 Å². The van der Waals surface area contributed by atoms with Crippen molar-refractivity contribution in [2.75, 3.05) is 0 Å². The van der Waals surface area contributed by atoms with Crippen LogP contribution in [-0.4, -0.2) is 22.8 Å².